The quantitative estimate of drug-likeness (QED) is 0.618. The highest BCUT2D eigenvalue weighted by molar-refractivity contribution is 9.10. The Morgan fingerprint density at radius 3 is 2.95 bits per heavy atom. The summed E-state index contributed by atoms with van der Waals surface area (Å²) in [5.41, 5.74) is 1.36. The van der Waals surface area contributed by atoms with Crippen molar-refractivity contribution in [3.8, 4) is 0 Å². The molecule has 1 aliphatic carbocycles. The maximum Gasteiger partial charge on any atom is 0.0587 e. The summed E-state index contributed by atoms with van der Waals surface area (Å²) < 4.78 is 12.1. The van der Waals surface area contributed by atoms with Crippen LogP contribution in [0.15, 0.2) is 28.7 Å². The number of halogens is 1. The van der Waals surface area contributed by atoms with Crippen LogP contribution in [0.2, 0.25) is 0 Å². The van der Waals surface area contributed by atoms with Crippen LogP contribution in [-0.2, 0) is 15.9 Å². The van der Waals surface area contributed by atoms with Gasteiger partial charge in [-0.15, -0.1) is 0 Å². The smallest absolute Gasteiger partial charge is 0.0587 e. The van der Waals surface area contributed by atoms with Crippen LogP contribution in [0.1, 0.15) is 18.4 Å². The second kappa shape index (κ2) is 9.57. The van der Waals surface area contributed by atoms with Crippen LogP contribution < -0.4 is 5.32 Å². The van der Waals surface area contributed by atoms with Gasteiger partial charge in [0.15, 0.2) is 0 Å². The van der Waals surface area contributed by atoms with Crippen LogP contribution in [0.4, 0.5) is 0 Å². The summed E-state index contributed by atoms with van der Waals surface area (Å²) in [6.45, 7) is 4.40. The van der Waals surface area contributed by atoms with Gasteiger partial charge in [0.2, 0.25) is 0 Å². The van der Waals surface area contributed by atoms with Crippen molar-refractivity contribution in [1.82, 2.24) is 5.32 Å². The van der Waals surface area contributed by atoms with E-state index in [0.29, 0.717) is 5.92 Å². The van der Waals surface area contributed by atoms with E-state index in [1.165, 1.54) is 18.4 Å². The molecule has 0 radical (unpaired) electrons. The van der Waals surface area contributed by atoms with E-state index in [2.05, 4.69) is 45.5 Å². The summed E-state index contributed by atoms with van der Waals surface area (Å²) >= 11 is 3.54. The fraction of sp³-hybridized carbons (Fsp3) is 0.647. The zero-order valence-corrected chi connectivity index (χ0v) is 14.4. The van der Waals surface area contributed by atoms with Gasteiger partial charge in [0, 0.05) is 31.3 Å². The minimum Gasteiger partial charge on any atom is -0.383 e. The summed E-state index contributed by atoms with van der Waals surface area (Å²) in [4.78, 5) is 0. The van der Waals surface area contributed by atoms with Gasteiger partial charge >= 0.3 is 0 Å². The first-order chi connectivity index (χ1) is 10.3. The Morgan fingerprint density at radius 1 is 1.38 bits per heavy atom. The van der Waals surface area contributed by atoms with Crippen molar-refractivity contribution < 1.29 is 9.47 Å². The Balaban J connectivity index is 1.77. The van der Waals surface area contributed by atoms with E-state index in [1.54, 1.807) is 7.11 Å². The molecule has 1 atom stereocenters. The minimum absolute atomic E-state index is 0.509. The fourth-order valence-corrected chi connectivity index (χ4v) is 2.80. The summed E-state index contributed by atoms with van der Waals surface area (Å²) in [7, 11) is 1.74. The first-order valence-corrected chi connectivity index (χ1v) is 8.59. The molecule has 0 heterocycles. The van der Waals surface area contributed by atoms with Gasteiger partial charge in [-0.25, -0.2) is 0 Å². The molecular weight excluding hydrogens is 330 g/mol. The number of hydrogen-bond donors (Lipinski definition) is 1. The molecule has 4 heteroatoms. The molecule has 2 rings (SSSR count). The largest absolute Gasteiger partial charge is 0.383 e. The number of methoxy groups -OCH3 is 1. The molecule has 1 N–H and O–H groups in total. The molecule has 3 nitrogen and oxygen atoms in total. The van der Waals surface area contributed by atoms with E-state index in [9.17, 15) is 0 Å². The van der Waals surface area contributed by atoms with Crippen molar-refractivity contribution in [2.24, 2.45) is 11.8 Å². The highest BCUT2D eigenvalue weighted by Crippen LogP contribution is 2.29. The molecule has 0 saturated heterocycles. The number of nitrogens with one attached hydrogen (secondary N) is 1. The van der Waals surface area contributed by atoms with Gasteiger partial charge in [-0.05, 0) is 48.8 Å². The highest BCUT2D eigenvalue weighted by Gasteiger charge is 2.22. The Labute approximate surface area is 136 Å². The monoisotopic (exact) mass is 355 g/mol. The summed E-state index contributed by atoms with van der Waals surface area (Å²) in [5.74, 6) is 1.34. The molecule has 0 spiro atoms. The number of benzene rings is 1. The lowest BCUT2D eigenvalue weighted by molar-refractivity contribution is 0.0898. The van der Waals surface area contributed by atoms with Gasteiger partial charge in [-0.1, -0.05) is 28.1 Å². The van der Waals surface area contributed by atoms with E-state index in [4.69, 9.17) is 9.47 Å². The summed E-state index contributed by atoms with van der Waals surface area (Å²) in [6.07, 6.45) is 3.74. The van der Waals surface area contributed by atoms with E-state index < -0.39 is 0 Å². The Kier molecular flexibility index (Phi) is 7.72. The molecule has 1 saturated carbocycles. The zero-order chi connectivity index (χ0) is 14.9. The van der Waals surface area contributed by atoms with E-state index in [0.717, 1.165) is 49.7 Å². The van der Waals surface area contributed by atoms with Crippen molar-refractivity contribution in [2.45, 2.75) is 19.3 Å². The Bertz CT molecular complexity index is 410. The van der Waals surface area contributed by atoms with Crippen molar-refractivity contribution >= 4 is 15.9 Å². The summed E-state index contributed by atoms with van der Waals surface area (Å²) in [5, 5.41) is 3.46. The second-order valence-corrected chi connectivity index (χ2v) is 6.79. The van der Waals surface area contributed by atoms with Gasteiger partial charge < -0.3 is 14.8 Å². The molecule has 0 bridgehead atoms. The number of rotatable bonds is 11. The molecule has 118 valence electrons. The molecule has 0 aromatic heterocycles. The molecule has 1 aromatic rings. The SMILES string of the molecule is COCCNCC(COCC1CC1)Cc1cccc(Br)c1. The fourth-order valence-electron chi connectivity index (χ4n) is 2.35. The molecule has 1 unspecified atom stereocenters. The van der Waals surface area contributed by atoms with Gasteiger partial charge in [-0.3, -0.25) is 0 Å². The van der Waals surface area contributed by atoms with E-state index in [1.807, 2.05) is 0 Å². The van der Waals surface area contributed by atoms with E-state index >= 15 is 0 Å². The number of ether oxygens (including phenoxy) is 2. The lowest BCUT2D eigenvalue weighted by atomic mass is 10.00. The van der Waals surface area contributed by atoms with Gasteiger partial charge in [0.25, 0.3) is 0 Å². The maximum atomic E-state index is 5.90. The molecule has 1 aromatic carbocycles. The second-order valence-electron chi connectivity index (χ2n) is 5.88. The standard InChI is InChI=1S/C17H26BrNO2/c1-20-8-7-19-11-16(13-21-12-14-5-6-14)9-15-3-2-4-17(18)10-15/h2-4,10,14,16,19H,5-9,11-13H2,1H3. The molecule has 21 heavy (non-hydrogen) atoms. The minimum atomic E-state index is 0.509. The Hall–Kier alpha value is -0.420. The number of hydrogen-bond acceptors (Lipinski definition) is 3. The first kappa shape index (κ1) is 16.9. The molecule has 0 amide bonds. The molecule has 1 aliphatic rings. The first-order valence-electron chi connectivity index (χ1n) is 7.79. The predicted octanol–water partition coefficient (Wildman–Crippen LogP) is 3.27. The Morgan fingerprint density at radius 2 is 2.24 bits per heavy atom. The van der Waals surface area contributed by atoms with Crippen LogP contribution in [0.3, 0.4) is 0 Å². The van der Waals surface area contributed by atoms with Crippen molar-refractivity contribution in [2.75, 3.05) is 40.0 Å². The van der Waals surface area contributed by atoms with Gasteiger partial charge in [0.05, 0.1) is 13.2 Å². The molecule has 1 fully saturated rings. The lowest BCUT2D eigenvalue weighted by Gasteiger charge is -2.18. The predicted molar refractivity (Wildman–Crippen MR) is 89.6 cm³/mol. The molecular formula is C17H26BrNO2. The normalized spacial score (nSPS) is 16.1. The average molecular weight is 356 g/mol. The third kappa shape index (κ3) is 7.41. The average Bonchev–Trinajstić information content (AvgIpc) is 3.27. The van der Waals surface area contributed by atoms with Gasteiger partial charge in [-0.2, -0.15) is 0 Å². The van der Waals surface area contributed by atoms with Crippen LogP contribution >= 0.6 is 15.9 Å². The third-order valence-electron chi connectivity index (χ3n) is 3.73. The van der Waals surface area contributed by atoms with Crippen LogP contribution in [0.5, 0.6) is 0 Å². The maximum absolute atomic E-state index is 5.90. The third-order valence-corrected chi connectivity index (χ3v) is 4.23. The molecule has 0 aliphatic heterocycles. The van der Waals surface area contributed by atoms with E-state index in [-0.39, 0.29) is 0 Å². The van der Waals surface area contributed by atoms with Gasteiger partial charge in [0.1, 0.15) is 0 Å². The lowest BCUT2D eigenvalue weighted by Crippen LogP contribution is -2.30. The van der Waals surface area contributed by atoms with Crippen LogP contribution in [0.25, 0.3) is 0 Å². The topological polar surface area (TPSA) is 30.5 Å². The highest BCUT2D eigenvalue weighted by atomic mass is 79.9. The van der Waals surface area contributed by atoms with Crippen molar-refractivity contribution in [3.05, 3.63) is 34.3 Å². The van der Waals surface area contributed by atoms with Crippen molar-refractivity contribution in [3.63, 3.8) is 0 Å². The van der Waals surface area contributed by atoms with Crippen molar-refractivity contribution in [1.29, 1.82) is 0 Å². The van der Waals surface area contributed by atoms with Crippen LogP contribution in [-0.4, -0.2) is 40.0 Å². The summed E-state index contributed by atoms with van der Waals surface area (Å²) in [6, 6.07) is 8.55. The zero-order valence-electron chi connectivity index (χ0n) is 12.8. The van der Waals surface area contributed by atoms with Crippen LogP contribution in [0, 0.1) is 11.8 Å².